The molecule has 2 nitrogen and oxygen atoms in total. The van der Waals surface area contributed by atoms with Crippen LogP contribution in [-0.2, 0) is 6.42 Å². The molecule has 0 saturated carbocycles. The molecular weight excluding hydrogens is 264 g/mol. The Labute approximate surface area is 126 Å². The first-order valence-corrected chi connectivity index (χ1v) is 8.18. The molecule has 0 aliphatic heterocycles. The third kappa shape index (κ3) is 4.15. The van der Waals surface area contributed by atoms with Crippen molar-refractivity contribution >= 4 is 11.3 Å². The van der Waals surface area contributed by atoms with Gasteiger partial charge in [-0.05, 0) is 30.9 Å². The van der Waals surface area contributed by atoms with E-state index < -0.39 is 0 Å². The van der Waals surface area contributed by atoms with E-state index in [0.29, 0.717) is 12.0 Å². The van der Waals surface area contributed by atoms with Gasteiger partial charge in [-0.1, -0.05) is 38.1 Å². The summed E-state index contributed by atoms with van der Waals surface area (Å²) in [5, 5.41) is 6.91. The van der Waals surface area contributed by atoms with Crippen molar-refractivity contribution in [1.82, 2.24) is 10.3 Å². The molecule has 0 spiro atoms. The SMILES string of the molecule is Cc1csc(CCNC(C)c2ccc(C(C)C)cc2)n1. The van der Waals surface area contributed by atoms with Crippen LogP contribution in [0.15, 0.2) is 29.6 Å². The Morgan fingerprint density at radius 3 is 2.30 bits per heavy atom. The predicted molar refractivity (Wildman–Crippen MR) is 87.5 cm³/mol. The summed E-state index contributed by atoms with van der Waals surface area (Å²) in [5.74, 6) is 0.598. The van der Waals surface area contributed by atoms with E-state index in [1.165, 1.54) is 16.1 Å². The molecule has 0 amide bonds. The summed E-state index contributed by atoms with van der Waals surface area (Å²) in [5.41, 5.74) is 3.88. The van der Waals surface area contributed by atoms with Crippen molar-refractivity contribution in [2.45, 2.75) is 46.1 Å². The van der Waals surface area contributed by atoms with E-state index in [-0.39, 0.29) is 0 Å². The second-order valence-corrected chi connectivity index (χ2v) is 6.57. The van der Waals surface area contributed by atoms with Crippen LogP contribution in [0.5, 0.6) is 0 Å². The number of nitrogens with zero attached hydrogens (tertiary/aromatic N) is 1. The number of aryl methyl sites for hydroxylation is 1. The maximum atomic E-state index is 4.49. The molecule has 0 aliphatic rings. The Balaban J connectivity index is 1.83. The smallest absolute Gasteiger partial charge is 0.0940 e. The van der Waals surface area contributed by atoms with Crippen LogP contribution in [0.2, 0.25) is 0 Å². The minimum Gasteiger partial charge on any atom is -0.310 e. The van der Waals surface area contributed by atoms with E-state index in [1.807, 2.05) is 6.92 Å². The molecule has 2 rings (SSSR count). The first-order valence-electron chi connectivity index (χ1n) is 7.30. The summed E-state index contributed by atoms with van der Waals surface area (Å²) >= 11 is 1.75. The highest BCUT2D eigenvalue weighted by Crippen LogP contribution is 2.18. The lowest BCUT2D eigenvalue weighted by molar-refractivity contribution is 0.576. The average molecular weight is 288 g/mol. The number of thiazole rings is 1. The van der Waals surface area contributed by atoms with Crippen LogP contribution in [-0.4, -0.2) is 11.5 Å². The fourth-order valence-corrected chi connectivity index (χ4v) is 2.98. The molecule has 1 aromatic heterocycles. The summed E-state index contributed by atoms with van der Waals surface area (Å²) in [6.45, 7) is 9.70. The molecule has 2 aromatic rings. The van der Waals surface area contributed by atoms with Crippen molar-refractivity contribution < 1.29 is 0 Å². The molecule has 1 aromatic carbocycles. The second kappa shape index (κ2) is 7.00. The topological polar surface area (TPSA) is 24.9 Å². The number of hydrogen-bond acceptors (Lipinski definition) is 3. The van der Waals surface area contributed by atoms with Crippen molar-refractivity contribution in [2.75, 3.05) is 6.54 Å². The first kappa shape index (κ1) is 15.2. The summed E-state index contributed by atoms with van der Waals surface area (Å²) in [7, 11) is 0. The van der Waals surface area contributed by atoms with Crippen LogP contribution in [0.4, 0.5) is 0 Å². The van der Waals surface area contributed by atoms with Gasteiger partial charge in [0.1, 0.15) is 0 Å². The maximum absolute atomic E-state index is 4.49. The van der Waals surface area contributed by atoms with E-state index in [0.717, 1.165) is 18.7 Å². The van der Waals surface area contributed by atoms with E-state index in [4.69, 9.17) is 0 Å². The van der Waals surface area contributed by atoms with Crippen molar-refractivity contribution in [1.29, 1.82) is 0 Å². The standard InChI is InChI=1S/C17H24N2S/c1-12(2)15-5-7-16(8-6-15)14(4)18-10-9-17-19-13(3)11-20-17/h5-8,11-12,14,18H,9-10H2,1-4H3. The molecule has 1 unspecified atom stereocenters. The van der Waals surface area contributed by atoms with Gasteiger partial charge in [-0.15, -0.1) is 11.3 Å². The lowest BCUT2D eigenvalue weighted by Gasteiger charge is -2.15. The number of rotatable bonds is 6. The number of aromatic nitrogens is 1. The van der Waals surface area contributed by atoms with Crippen LogP contribution >= 0.6 is 11.3 Å². The van der Waals surface area contributed by atoms with Gasteiger partial charge in [-0.2, -0.15) is 0 Å². The van der Waals surface area contributed by atoms with Gasteiger partial charge in [-0.25, -0.2) is 4.98 Å². The molecule has 0 bridgehead atoms. The van der Waals surface area contributed by atoms with Crippen molar-refractivity contribution in [3.63, 3.8) is 0 Å². The van der Waals surface area contributed by atoms with Crippen molar-refractivity contribution in [3.05, 3.63) is 51.5 Å². The summed E-state index contributed by atoms with van der Waals surface area (Å²) < 4.78 is 0. The van der Waals surface area contributed by atoms with Gasteiger partial charge in [0.05, 0.1) is 5.01 Å². The van der Waals surface area contributed by atoms with E-state index in [1.54, 1.807) is 11.3 Å². The molecular formula is C17H24N2S. The predicted octanol–water partition coefficient (Wildman–Crippen LogP) is 4.47. The molecule has 1 N–H and O–H groups in total. The molecule has 1 atom stereocenters. The lowest BCUT2D eigenvalue weighted by atomic mass is 9.99. The lowest BCUT2D eigenvalue weighted by Crippen LogP contribution is -2.21. The van der Waals surface area contributed by atoms with Crippen molar-refractivity contribution in [3.8, 4) is 0 Å². The Morgan fingerprint density at radius 1 is 1.10 bits per heavy atom. The Hall–Kier alpha value is -1.19. The number of nitrogens with one attached hydrogen (secondary N) is 1. The summed E-state index contributed by atoms with van der Waals surface area (Å²) in [6, 6.07) is 9.34. The molecule has 108 valence electrons. The fourth-order valence-electron chi connectivity index (χ4n) is 2.20. The third-order valence-electron chi connectivity index (χ3n) is 3.56. The van der Waals surface area contributed by atoms with E-state index in [2.05, 4.69) is 60.7 Å². The average Bonchev–Trinajstić information content (AvgIpc) is 2.84. The molecule has 3 heteroatoms. The molecule has 1 heterocycles. The maximum Gasteiger partial charge on any atom is 0.0940 e. The van der Waals surface area contributed by atoms with Gasteiger partial charge in [0.15, 0.2) is 0 Å². The first-order chi connectivity index (χ1) is 9.56. The van der Waals surface area contributed by atoms with E-state index >= 15 is 0 Å². The fraction of sp³-hybridized carbons (Fsp3) is 0.471. The summed E-state index contributed by atoms with van der Waals surface area (Å²) in [6.07, 6.45) is 1.01. The normalized spacial score (nSPS) is 12.8. The van der Waals surface area contributed by atoms with Gasteiger partial charge in [0.25, 0.3) is 0 Å². The number of hydrogen-bond donors (Lipinski definition) is 1. The van der Waals surface area contributed by atoms with Crippen molar-refractivity contribution in [2.24, 2.45) is 0 Å². The molecule has 0 radical (unpaired) electrons. The molecule has 0 aliphatic carbocycles. The van der Waals surface area contributed by atoms with E-state index in [9.17, 15) is 0 Å². The van der Waals surface area contributed by atoms with Gasteiger partial charge in [0.2, 0.25) is 0 Å². The third-order valence-corrected chi connectivity index (χ3v) is 4.59. The minimum atomic E-state index is 0.386. The second-order valence-electron chi connectivity index (χ2n) is 5.63. The highest BCUT2D eigenvalue weighted by Gasteiger charge is 2.06. The Kier molecular flexibility index (Phi) is 5.32. The minimum absolute atomic E-state index is 0.386. The molecule has 0 fully saturated rings. The zero-order valence-corrected chi connectivity index (χ0v) is 13.6. The van der Waals surface area contributed by atoms with Gasteiger partial charge in [0, 0.05) is 30.1 Å². The van der Waals surface area contributed by atoms with Gasteiger partial charge < -0.3 is 5.32 Å². The molecule has 20 heavy (non-hydrogen) atoms. The van der Waals surface area contributed by atoms with Crippen LogP contribution < -0.4 is 5.32 Å². The van der Waals surface area contributed by atoms with Gasteiger partial charge in [-0.3, -0.25) is 0 Å². The quantitative estimate of drug-likeness (QED) is 0.848. The monoisotopic (exact) mass is 288 g/mol. The Morgan fingerprint density at radius 2 is 1.75 bits per heavy atom. The van der Waals surface area contributed by atoms with Crippen LogP contribution in [0.25, 0.3) is 0 Å². The van der Waals surface area contributed by atoms with Crippen LogP contribution in [0.1, 0.15) is 54.6 Å². The number of benzene rings is 1. The summed E-state index contributed by atoms with van der Waals surface area (Å²) in [4.78, 5) is 4.49. The molecule has 0 saturated heterocycles. The Bertz CT molecular complexity index is 528. The zero-order valence-electron chi connectivity index (χ0n) is 12.8. The zero-order chi connectivity index (χ0) is 14.5. The highest BCUT2D eigenvalue weighted by molar-refractivity contribution is 7.09. The largest absolute Gasteiger partial charge is 0.310 e. The van der Waals surface area contributed by atoms with Crippen LogP contribution in [0, 0.1) is 6.92 Å². The highest BCUT2D eigenvalue weighted by atomic mass is 32.1. The van der Waals surface area contributed by atoms with Gasteiger partial charge >= 0.3 is 0 Å². The van der Waals surface area contributed by atoms with Crippen LogP contribution in [0.3, 0.4) is 0 Å².